The van der Waals surface area contributed by atoms with Crippen LogP contribution in [0.5, 0.6) is 5.75 Å². The molecule has 0 aliphatic heterocycles. The molecule has 0 saturated heterocycles. The summed E-state index contributed by atoms with van der Waals surface area (Å²) >= 11 is 0. The maximum absolute atomic E-state index is 11.7. The van der Waals surface area contributed by atoms with Crippen LogP contribution in [0.3, 0.4) is 0 Å². The minimum atomic E-state index is -0.805. The zero-order chi connectivity index (χ0) is 13.0. The molecular formula is C12H4O6. The molecule has 6 nitrogen and oxygen atoms in total. The molecule has 18 heavy (non-hydrogen) atoms. The van der Waals surface area contributed by atoms with Crippen LogP contribution in [-0.4, -0.2) is 5.11 Å². The normalized spacial score (nSPS) is 11.3. The molecular weight excluding hydrogens is 240 g/mol. The molecule has 1 aromatic heterocycles. The topological polar surface area (TPSA) is 102 Å². The molecule has 0 unspecified atom stereocenters. The molecule has 0 atom stereocenters. The first-order valence-corrected chi connectivity index (χ1v) is 4.93. The number of hydrogen-bond acceptors (Lipinski definition) is 6. The standard InChI is InChI=1S/C12H4O6/c13-5-1-4-9(3-6(5)14)18-12-8(16)2-7(15)11(17)10(4)12/h1-3,15H. The van der Waals surface area contributed by atoms with Crippen molar-refractivity contribution in [2.45, 2.75) is 0 Å². The van der Waals surface area contributed by atoms with E-state index in [-0.39, 0.29) is 21.9 Å². The van der Waals surface area contributed by atoms with Gasteiger partial charge in [0.15, 0.2) is 11.3 Å². The Hall–Kier alpha value is -2.76. The molecule has 88 valence electrons. The fraction of sp³-hybridized carbons (Fsp3) is 0. The highest BCUT2D eigenvalue weighted by atomic mass is 16.3. The zero-order valence-corrected chi connectivity index (χ0v) is 8.72. The first-order valence-electron chi connectivity index (χ1n) is 4.93. The Morgan fingerprint density at radius 3 is 2.28 bits per heavy atom. The smallest absolute Gasteiger partial charge is 0.232 e. The number of benzene rings is 2. The van der Waals surface area contributed by atoms with E-state index in [2.05, 4.69) is 0 Å². The summed E-state index contributed by atoms with van der Waals surface area (Å²) in [5.74, 6) is -0.714. The highest BCUT2D eigenvalue weighted by molar-refractivity contribution is 6.04. The third-order valence-corrected chi connectivity index (χ3v) is 2.71. The van der Waals surface area contributed by atoms with E-state index in [4.69, 9.17) is 4.42 Å². The SMILES string of the molecule is O=c1cc2oc3c(=O)cc(O)c(=O)c3c2cc1=O. The molecule has 0 fully saturated rings. The maximum atomic E-state index is 11.7. The van der Waals surface area contributed by atoms with Crippen LogP contribution in [-0.2, 0) is 0 Å². The minimum Gasteiger partial charge on any atom is -0.504 e. The van der Waals surface area contributed by atoms with Gasteiger partial charge in [0.2, 0.25) is 21.7 Å². The van der Waals surface area contributed by atoms with Crippen LogP contribution in [0.15, 0.2) is 41.8 Å². The predicted octanol–water partition coefficient (Wildman–Crippen LogP) is -0.392. The van der Waals surface area contributed by atoms with Crippen molar-refractivity contribution in [3.8, 4) is 5.75 Å². The second kappa shape index (κ2) is 3.13. The van der Waals surface area contributed by atoms with E-state index in [0.29, 0.717) is 0 Å². The number of phenolic OH excluding ortho intramolecular Hbond substituents is 1. The first kappa shape index (κ1) is 10.4. The van der Waals surface area contributed by atoms with Gasteiger partial charge in [-0.1, -0.05) is 0 Å². The fourth-order valence-electron chi connectivity index (χ4n) is 1.89. The number of furan rings is 1. The number of fused-ring (bicyclic) bond motifs is 3. The van der Waals surface area contributed by atoms with E-state index in [9.17, 15) is 24.3 Å². The summed E-state index contributed by atoms with van der Waals surface area (Å²) < 4.78 is 5.09. The summed E-state index contributed by atoms with van der Waals surface area (Å²) in [5, 5.41) is 9.19. The zero-order valence-electron chi connectivity index (χ0n) is 8.72. The Kier molecular flexibility index (Phi) is 1.81. The summed E-state index contributed by atoms with van der Waals surface area (Å²) in [7, 11) is 0. The van der Waals surface area contributed by atoms with Crippen molar-refractivity contribution in [3.63, 3.8) is 0 Å². The Balaban J connectivity index is 2.80. The molecule has 0 saturated carbocycles. The van der Waals surface area contributed by atoms with Crippen LogP contribution < -0.4 is 21.7 Å². The summed E-state index contributed by atoms with van der Waals surface area (Å²) in [6, 6.07) is 2.60. The van der Waals surface area contributed by atoms with Crippen molar-refractivity contribution in [1.82, 2.24) is 0 Å². The number of phenols is 1. The van der Waals surface area contributed by atoms with E-state index in [1.807, 2.05) is 0 Å². The van der Waals surface area contributed by atoms with Gasteiger partial charge < -0.3 is 9.52 Å². The Bertz CT molecular complexity index is 1000. The number of rotatable bonds is 0. The molecule has 3 aromatic rings. The number of aromatic hydroxyl groups is 1. The van der Waals surface area contributed by atoms with Gasteiger partial charge in [0, 0.05) is 23.6 Å². The Morgan fingerprint density at radius 1 is 0.889 bits per heavy atom. The van der Waals surface area contributed by atoms with Gasteiger partial charge in [-0.3, -0.25) is 19.2 Å². The van der Waals surface area contributed by atoms with Crippen LogP contribution in [0.1, 0.15) is 0 Å². The lowest BCUT2D eigenvalue weighted by Gasteiger charge is -1.88. The average molecular weight is 244 g/mol. The van der Waals surface area contributed by atoms with Crippen molar-refractivity contribution in [2.75, 3.05) is 0 Å². The first-order chi connectivity index (χ1) is 8.49. The van der Waals surface area contributed by atoms with E-state index in [0.717, 1.165) is 18.2 Å². The van der Waals surface area contributed by atoms with Crippen molar-refractivity contribution in [1.29, 1.82) is 0 Å². The lowest BCUT2D eigenvalue weighted by Crippen LogP contribution is -2.20. The minimum absolute atomic E-state index is 0.0191. The molecule has 6 heteroatoms. The molecule has 0 aliphatic rings. The largest absolute Gasteiger partial charge is 0.504 e. The second-order valence-electron chi connectivity index (χ2n) is 3.82. The monoisotopic (exact) mass is 244 g/mol. The molecule has 0 bridgehead atoms. The highest BCUT2D eigenvalue weighted by Gasteiger charge is 2.17. The summed E-state index contributed by atoms with van der Waals surface area (Å²) in [6.45, 7) is 0. The van der Waals surface area contributed by atoms with E-state index in [1.54, 1.807) is 0 Å². The third kappa shape index (κ3) is 1.17. The van der Waals surface area contributed by atoms with Crippen molar-refractivity contribution >= 4 is 21.9 Å². The van der Waals surface area contributed by atoms with E-state index >= 15 is 0 Å². The van der Waals surface area contributed by atoms with Crippen LogP contribution in [0, 0.1) is 0 Å². The molecule has 0 radical (unpaired) electrons. The van der Waals surface area contributed by atoms with Crippen molar-refractivity contribution < 1.29 is 9.52 Å². The number of hydrogen-bond donors (Lipinski definition) is 1. The predicted molar refractivity (Wildman–Crippen MR) is 62.8 cm³/mol. The van der Waals surface area contributed by atoms with Crippen LogP contribution >= 0.6 is 0 Å². The van der Waals surface area contributed by atoms with Gasteiger partial charge in [0.05, 0.1) is 5.39 Å². The van der Waals surface area contributed by atoms with Crippen LogP contribution in [0.2, 0.25) is 0 Å². The molecule has 0 aliphatic carbocycles. The Labute approximate surface area is 97.0 Å². The van der Waals surface area contributed by atoms with Gasteiger partial charge in [-0.15, -0.1) is 0 Å². The van der Waals surface area contributed by atoms with E-state index < -0.39 is 27.5 Å². The molecule has 0 amide bonds. The molecule has 1 heterocycles. The van der Waals surface area contributed by atoms with Gasteiger partial charge in [-0.25, -0.2) is 0 Å². The van der Waals surface area contributed by atoms with Gasteiger partial charge in [-0.05, 0) is 0 Å². The third-order valence-electron chi connectivity index (χ3n) is 2.71. The van der Waals surface area contributed by atoms with Crippen molar-refractivity contribution in [2.24, 2.45) is 0 Å². The lowest BCUT2D eigenvalue weighted by molar-refractivity contribution is 0.470. The average Bonchev–Trinajstić information content (AvgIpc) is 2.66. The van der Waals surface area contributed by atoms with Gasteiger partial charge in [0.25, 0.3) is 0 Å². The van der Waals surface area contributed by atoms with Gasteiger partial charge in [0.1, 0.15) is 5.58 Å². The molecule has 3 rings (SSSR count). The van der Waals surface area contributed by atoms with Crippen molar-refractivity contribution in [3.05, 3.63) is 59.1 Å². The summed E-state index contributed by atoms with van der Waals surface area (Å²) in [5.41, 5.74) is -3.36. The Morgan fingerprint density at radius 2 is 1.56 bits per heavy atom. The highest BCUT2D eigenvalue weighted by Crippen LogP contribution is 2.22. The second-order valence-corrected chi connectivity index (χ2v) is 3.82. The maximum Gasteiger partial charge on any atom is 0.232 e. The summed E-state index contributed by atoms with van der Waals surface area (Å²) in [6.07, 6.45) is 0. The lowest BCUT2D eigenvalue weighted by atomic mass is 10.1. The quantitative estimate of drug-likeness (QED) is 0.540. The van der Waals surface area contributed by atoms with Crippen LogP contribution in [0.25, 0.3) is 21.9 Å². The molecule has 1 N–H and O–H groups in total. The van der Waals surface area contributed by atoms with Gasteiger partial charge in [-0.2, -0.15) is 0 Å². The molecule has 0 spiro atoms. The molecule has 2 aromatic carbocycles. The van der Waals surface area contributed by atoms with Gasteiger partial charge >= 0.3 is 0 Å². The summed E-state index contributed by atoms with van der Waals surface area (Å²) in [4.78, 5) is 45.7. The van der Waals surface area contributed by atoms with Crippen LogP contribution in [0.4, 0.5) is 0 Å². The fourth-order valence-corrected chi connectivity index (χ4v) is 1.89. The van der Waals surface area contributed by atoms with E-state index in [1.165, 1.54) is 0 Å².